The topological polar surface area (TPSA) is 35.9 Å². The SMILES string of the molecule is O[C@H]1COC[C@H]1N1CCN(c2ccc(F)cc2)CC1. The van der Waals surface area contributed by atoms with Crippen molar-refractivity contribution >= 4 is 5.69 Å². The van der Waals surface area contributed by atoms with E-state index in [2.05, 4.69) is 9.80 Å². The maximum absolute atomic E-state index is 12.9. The minimum atomic E-state index is -0.364. The van der Waals surface area contributed by atoms with E-state index in [4.69, 9.17) is 4.74 Å². The van der Waals surface area contributed by atoms with Crippen molar-refractivity contribution in [3.05, 3.63) is 30.1 Å². The van der Waals surface area contributed by atoms with Gasteiger partial charge in [0.1, 0.15) is 5.82 Å². The fraction of sp³-hybridized carbons (Fsp3) is 0.571. The fourth-order valence-corrected chi connectivity index (χ4v) is 2.84. The van der Waals surface area contributed by atoms with Crippen molar-refractivity contribution in [2.24, 2.45) is 0 Å². The lowest BCUT2D eigenvalue weighted by atomic mass is 10.1. The van der Waals surface area contributed by atoms with Gasteiger partial charge in [-0.05, 0) is 24.3 Å². The third-order valence-corrected chi connectivity index (χ3v) is 4.00. The van der Waals surface area contributed by atoms with Crippen LogP contribution in [0.3, 0.4) is 0 Å². The highest BCUT2D eigenvalue weighted by molar-refractivity contribution is 5.46. The highest BCUT2D eigenvalue weighted by Crippen LogP contribution is 2.20. The van der Waals surface area contributed by atoms with Crippen LogP contribution in [0.1, 0.15) is 0 Å². The van der Waals surface area contributed by atoms with Gasteiger partial charge in [0.25, 0.3) is 0 Å². The minimum Gasteiger partial charge on any atom is -0.389 e. The van der Waals surface area contributed by atoms with E-state index < -0.39 is 0 Å². The monoisotopic (exact) mass is 266 g/mol. The zero-order valence-electron chi connectivity index (χ0n) is 10.8. The normalized spacial score (nSPS) is 28.8. The number of ether oxygens (including phenoxy) is 1. The van der Waals surface area contributed by atoms with Gasteiger partial charge in [-0.15, -0.1) is 0 Å². The number of benzene rings is 1. The molecule has 2 aliphatic heterocycles. The highest BCUT2D eigenvalue weighted by Gasteiger charge is 2.33. The van der Waals surface area contributed by atoms with Gasteiger partial charge in [0.2, 0.25) is 0 Å². The molecule has 19 heavy (non-hydrogen) atoms. The van der Waals surface area contributed by atoms with Gasteiger partial charge < -0.3 is 14.7 Å². The summed E-state index contributed by atoms with van der Waals surface area (Å²) in [6.07, 6.45) is -0.364. The van der Waals surface area contributed by atoms with Gasteiger partial charge >= 0.3 is 0 Å². The number of aliphatic hydroxyl groups is 1. The Hall–Kier alpha value is -1.17. The predicted molar refractivity (Wildman–Crippen MR) is 70.8 cm³/mol. The van der Waals surface area contributed by atoms with Gasteiger partial charge in [-0.2, -0.15) is 0 Å². The van der Waals surface area contributed by atoms with Gasteiger partial charge in [0.15, 0.2) is 0 Å². The Kier molecular flexibility index (Phi) is 3.68. The highest BCUT2D eigenvalue weighted by atomic mass is 19.1. The molecule has 2 fully saturated rings. The van der Waals surface area contributed by atoms with Crippen LogP contribution in [0.2, 0.25) is 0 Å². The van der Waals surface area contributed by atoms with Crippen molar-refractivity contribution in [1.29, 1.82) is 0 Å². The summed E-state index contributed by atoms with van der Waals surface area (Å²) in [6, 6.07) is 6.76. The standard InChI is InChI=1S/C14H19FN2O2/c15-11-1-3-12(4-2-11)16-5-7-17(8-6-16)13-9-19-10-14(13)18/h1-4,13-14,18H,5-10H2/t13-,14+/m1/s1. The first-order valence-corrected chi connectivity index (χ1v) is 6.74. The second-order valence-corrected chi connectivity index (χ2v) is 5.17. The third-order valence-electron chi connectivity index (χ3n) is 4.00. The number of halogens is 1. The quantitative estimate of drug-likeness (QED) is 0.855. The molecule has 2 heterocycles. The van der Waals surface area contributed by atoms with E-state index in [0.717, 1.165) is 31.9 Å². The smallest absolute Gasteiger partial charge is 0.123 e. The van der Waals surface area contributed by atoms with E-state index in [1.54, 1.807) is 0 Å². The molecule has 3 rings (SSSR count). The van der Waals surface area contributed by atoms with Gasteiger partial charge in [-0.25, -0.2) is 4.39 Å². The molecule has 0 bridgehead atoms. The van der Waals surface area contributed by atoms with E-state index in [9.17, 15) is 9.50 Å². The molecule has 1 aromatic rings. The molecule has 0 aliphatic carbocycles. The van der Waals surface area contributed by atoms with Crippen LogP contribution in [0, 0.1) is 5.82 Å². The maximum Gasteiger partial charge on any atom is 0.123 e. The second-order valence-electron chi connectivity index (χ2n) is 5.17. The molecule has 104 valence electrons. The fourth-order valence-electron chi connectivity index (χ4n) is 2.84. The first-order chi connectivity index (χ1) is 9.24. The van der Waals surface area contributed by atoms with Crippen LogP contribution in [-0.4, -0.2) is 61.5 Å². The summed E-state index contributed by atoms with van der Waals surface area (Å²) < 4.78 is 18.2. The van der Waals surface area contributed by atoms with Crippen LogP contribution in [-0.2, 0) is 4.74 Å². The van der Waals surface area contributed by atoms with Crippen molar-refractivity contribution in [1.82, 2.24) is 4.90 Å². The Morgan fingerprint density at radius 3 is 2.32 bits per heavy atom. The summed E-state index contributed by atoms with van der Waals surface area (Å²) in [5, 5.41) is 9.83. The molecular weight excluding hydrogens is 247 g/mol. The molecule has 1 aromatic carbocycles. The Bertz CT molecular complexity index is 418. The van der Waals surface area contributed by atoms with E-state index in [-0.39, 0.29) is 18.0 Å². The average molecular weight is 266 g/mol. The molecule has 0 radical (unpaired) electrons. The van der Waals surface area contributed by atoms with Crippen LogP contribution < -0.4 is 4.90 Å². The Labute approximate surface area is 112 Å². The third kappa shape index (κ3) is 2.73. The summed E-state index contributed by atoms with van der Waals surface area (Å²) in [6.45, 7) is 4.68. The molecule has 2 saturated heterocycles. The van der Waals surface area contributed by atoms with Crippen molar-refractivity contribution in [2.45, 2.75) is 12.1 Å². The first-order valence-electron chi connectivity index (χ1n) is 6.74. The molecule has 2 atom stereocenters. The molecule has 5 heteroatoms. The van der Waals surface area contributed by atoms with E-state index in [0.29, 0.717) is 13.2 Å². The van der Waals surface area contributed by atoms with Crippen LogP contribution in [0.25, 0.3) is 0 Å². The van der Waals surface area contributed by atoms with Crippen molar-refractivity contribution < 1.29 is 14.2 Å². The molecule has 0 spiro atoms. The molecule has 2 aliphatic rings. The number of hydrogen-bond donors (Lipinski definition) is 1. The predicted octanol–water partition coefficient (Wildman–Crippen LogP) is 0.707. The molecule has 0 unspecified atom stereocenters. The maximum atomic E-state index is 12.9. The average Bonchev–Trinajstić information content (AvgIpc) is 2.86. The van der Waals surface area contributed by atoms with Crippen LogP contribution in [0.15, 0.2) is 24.3 Å². The number of anilines is 1. The molecular formula is C14H19FN2O2. The van der Waals surface area contributed by atoms with Crippen molar-refractivity contribution in [3.8, 4) is 0 Å². The number of aliphatic hydroxyl groups excluding tert-OH is 1. The van der Waals surface area contributed by atoms with Crippen LogP contribution >= 0.6 is 0 Å². The summed E-state index contributed by atoms with van der Waals surface area (Å²) in [5.74, 6) is -0.200. The summed E-state index contributed by atoms with van der Waals surface area (Å²) >= 11 is 0. The lowest BCUT2D eigenvalue weighted by Gasteiger charge is -2.39. The first kappa shape index (κ1) is 12.8. The van der Waals surface area contributed by atoms with E-state index in [1.165, 1.54) is 12.1 Å². The summed E-state index contributed by atoms with van der Waals surface area (Å²) in [4.78, 5) is 4.54. The number of rotatable bonds is 2. The molecule has 1 N–H and O–H groups in total. The molecule has 0 aromatic heterocycles. The molecule has 0 amide bonds. The Balaban J connectivity index is 1.58. The Morgan fingerprint density at radius 2 is 1.74 bits per heavy atom. The summed E-state index contributed by atoms with van der Waals surface area (Å²) in [5.41, 5.74) is 1.06. The van der Waals surface area contributed by atoms with Gasteiger partial charge in [0.05, 0.1) is 25.4 Å². The summed E-state index contributed by atoms with van der Waals surface area (Å²) in [7, 11) is 0. The zero-order valence-corrected chi connectivity index (χ0v) is 10.8. The van der Waals surface area contributed by atoms with Crippen LogP contribution in [0.5, 0.6) is 0 Å². The van der Waals surface area contributed by atoms with Gasteiger partial charge in [-0.3, -0.25) is 4.90 Å². The van der Waals surface area contributed by atoms with Crippen molar-refractivity contribution in [3.63, 3.8) is 0 Å². The van der Waals surface area contributed by atoms with Crippen molar-refractivity contribution in [2.75, 3.05) is 44.3 Å². The van der Waals surface area contributed by atoms with Gasteiger partial charge in [-0.1, -0.05) is 0 Å². The zero-order chi connectivity index (χ0) is 13.2. The lowest BCUT2D eigenvalue weighted by Crippen LogP contribution is -2.53. The number of nitrogens with zero attached hydrogens (tertiary/aromatic N) is 2. The van der Waals surface area contributed by atoms with Crippen LogP contribution in [0.4, 0.5) is 10.1 Å². The molecule has 0 saturated carbocycles. The second kappa shape index (κ2) is 5.45. The Morgan fingerprint density at radius 1 is 1.05 bits per heavy atom. The van der Waals surface area contributed by atoms with E-state index in [1.807, 2.05) is 12.1 Å². The number of piperazine rings is 1. The lowest BCUT2D eigenvalue weighted by molar-refractivity contribution is 0.0785. The van der Waals surface area contributed by atoms with E-state index >= 15 is 0 Å². The van der Waals surface area contributed by atoms with Gasteiger partial charge in [0, 0.05) is 31.9 Å². The largest absolute Gasteiger partial charge is 0.389 e. The number of hydrogen-bond acceptors (Lipinski definition) is 4. The molecule has 4 nitrogen and oxygen atoms in total. The minimum absolute atomic E-state index is 0.135.